The number of ketones is 1. The minimum Gasteiger partial charge on any atom is -0.497 e. The van der Waals surface area contributed by atoms with Crippen LogP contribution < -0.4 is 4.74 Å². The van der Waals surface area contributed by atoms with Gasteiger partial charge in [-0.1, -0.05) is 15.9 Å². The van der Waals surface area contributed by atoms with E-state index >= 15 is 0 Å². The number of rotatable bonds is 3. The van der Waals surface area contributed by atoms with Gasteiger partial charge in [0.05, 0.1) is 18.9 Å². The Bertz CT molecular complexity index is 503. The molecular formula is C12H9BrO3. The molecule has 0 saturated carbocycles. The van der Waals surface area contributed by atoms with Crippen LogP contribution in [0.1, 0.15) is 15.9 Å². The Balaban J connectivity index is 2.43. The van der Waals surface area contributed by atoms with Crippen molar-refractivity contribution < 1.29 is 13.9 Å². The summed E-state index contributed by atoms with van der Waals surface area (Å²) in [7, 11) is 1.56. The summed E-state index contributed by atoms with van der Waals surface area (Å²) in [6, 6.07) is 6.90. The Morgan fingerprint density at radius 1 is 1.38 bits per heavy atom. The number of ether oxygens (including phenoxy) is 1. The Hall–Kier alpha value is -1.55. The lowest BCUT2D eigenvalue weighted by Gasteiger charge is -2.05. The maximum atomic E-state index is 12.1. The summed E-state index contributed by atoms with van der Waals surface area (Å²) in [5, 5.41) is 0. The lowest BCUT2D eigenvalue weighted by molar-refractivity contribution is 0.103. The Kier molecular flexibility index (Phi) is 3.10. The molecular weight excluding hydrogens is 272 g/mol. The third-order valence-electron chi connectivity index (χ3n) is 2.20. The van der Waals surface area contributed by atoms with Gasteiger partial charge in [-0.15, -0.1) is 0 Å². The number of carbonyl (C=O) groups is 1. The predicted octanol–water partition coefficient (Wildman–Crippen LogP) is 3.28. The van der Waals surface area contributed by atoms with Crippen molar-refractivity contribution in [2.45, 2.75) is 0 Å². The van der Waals surface area contributed by atoms with Crippen molar-refractivity contribution in [3.8, 4) is 5.75 Å². The zero-order valence-electron chi connectivity index (χ0n) is 8.57. The monoisotopic (exact) mass is 280 g/mol. The third-order valence-corrected chi connectivity index (χ3v) is 2.89. The van der Waals surface area contributed by atoms with E-state index in [0.29, 0.717) is 16.9 Å². The van der Waals surface area contributed by atoms with Crippen LogP contribution in [0.3, 0.4) is 0 Å². The average molecular weight is 281 g/mol. The zero-order chi connectivity index (χ0) is 11.5. The molecule has 2 rings (SSSR count). The summed E-state index contributed by atoms with van der Waals surface area (Å²) in [4.78, 5) is 12.1. The first-order chi connectivity index (χ1) is 7.72. The van der Waals surface area contributed by atoms with Crippen LogP contribution in [0.2, 0.25) is 0 Å². The van der Waals surface area contributed by atoms with Gasteiger partial charge in [0.25, 0.3) is 0 Å². The van der Waals surface area contributed by atoms with Crippen LogP contribution in [0.5, 0.6) is 5.75 Å². The van der Waals surface area contributed by atoms with Gasteiger partial charge in [-0.05, 0) is 24.3 Å². The second kappa shape index (κ2) is 4.53. The fraction of sp³-hybridized carbons (Fsp3) is 0.0833. The normalized spacial score (nSPS) is 10.1. The van der Waals surface area contributed by atoms with Crippen LogP contribution in [0.15, 0.2) is 45.7 Å². The second-order valence-electron chi connectivity index (χ2n) is 3.19. The number of halogens is 1. The van der Waals surface area contributed by atoms with Crippen LogP contribution in [-0.4, -0.2) is 12.9 Å². The van der Waals surface area contributed by atoms with Gasteiger partial charge in [0.1, 0.15) is 12.0 Å². The molecule has 0 aliphatic carbocycles. The van der Waals surface area contributed by atoms with Gasteiger partial charge in [0, 0.05) is 10.0 Å². The number of furan rings is 1. The van der Waals surface area contributed by atoms with Crippen LogP contribution in [0.4, 0.5) is 0 Å². The van der Waals surface area contributed by atoms with Gasteiger partial charge >= 0.3 is 0 Å². The second-order valence-corrected chi connectivity index (χ2v) is 4.04. The van der Waals surface area contributed by atoms with Gasteiger partial charge < -0.3 is 9.15 Å². The van der Waals surface area contributed by atoms with Crippen molar-refractivity contribution in [3.63, 3.8) is 0 Å². The topological polar surface area (TPSA) is 39.4 Å². The van der Waals surface area contributed by atoms with Gasteiger partial charge in [-0.2, -0.15) is 0 Å². The molecule has 1 aromatic carbocycles. The molecule has 0 fully saturated rings. The molecule has 0 spiro atoms. The minimum atomic E-state index is -0.0977. The summed E-state index contributed by atoms with van der Waals surface area (Å²) in [6.07, 6.45) is 2.90. The van der Waals surface area contributed by atoms with Crippen LogP contribution >= 0.6 is 15.9 Å². The molecule has 0 amide bonds. The molecule has 0 bridgehead atoms. The highest BCUT2D eigenvalue weighted by molar-refractivity contribution is 9.10. The fourth-order valence-electron chi connectivity index (χ4n) is 1.35. The van der Waals surface area contributed by atoms with Crippen molar-refractivity contribution in [2.24, 2.45) is 0 Å². The molecule has 3 nitrogen and oxygen atoms in total. The Morgan fingerprint density at radius 2 is 2.19 bits per heavy atom. The van der Waals surface area contributed by atoms with E-state index in [0.717, 1.165) is 4.47 Å². The number of benzene rings is 1. The molecule has 0 aliphatic rings. The van der Waals surface area contributed by atoms with E-state index in [4.69, 9.17) is 9.15 Å². The summed E-state index contributed by atoms with van der Waals surface area (Å²) in [5.41, 5.74) is 1.08. The molecule has 16 heavy (non-hydrogen) atoms. The SMILES string of the molecule is COc1ccc(Br)c(C(=O)c2ccoc2)c1. The standard InChI is InChI=1S/C12H9BrO3/c1-15-9-2-3-11(13)10(6-9)12(14)8-4-5-16-7-8/h2-7H,1H3. The van der Waals surface area contributed by atoms with Gasteiger partial charge in [-0.25, -0.2) is 0 Å². The average Bonchev–Trinajstić information content (AvgIpc) is 2.82. The minimum absolute atomic E-state index is 0.0977. The summed E-state index contributed by atoms with van der Waals surface area (Å²) in [6.45, 7) is 0. The molecule has 0 aliphatic heterocycles. The van der Waals surface area contributed by atoms with Crippen molar-refractivity contribution in [3.05, 3.63) is 52.4 Å². The molecule has 0 N–H and O–H groups in total. The van der Waals surface area contributed by atoms with Crippen molar-refractivity contribution >= 4 is 21.7 Å². The lowest BCUT2D eigenvalue weighted by Crippen LogP contribution is -2.01. The van der Waals surface area contributed by atoms with E-state index in [-0.39, 0.29) is 5.78 Å². The van der Waals surface area contributed by atoms with Gasteiger partial charge in [0.15, 0.2) is 5.78 Å². The van der Waals surface area contributed by atoms with E-state index in [1.807, 2.05) is 0 Å². The van der Waals surface area contributed by atoms with E-state index in [1.165, 1.54) is 12.5 Å². The third kappa shape index (κ3) is 2.02. The highest BCUT2D eigenvalue weighted by Crippen LogP contribution is 2.24. The largest absolute Gasteiger partial charge is 0.497 e. The molecule has 0 atom stereocenters. The fourth-order valence-corrected chi connectivity index (χ4v) is 1.78. The van der Waals surface area contributed by atoms with E-state index in [1.54, 1.807) is 31.4 Å². The van der Waals surface area contributed by atoms with Crippen molar-refractivity contribution in [1.29, 1.82) is 0 Å². The number of hydrogen-bond acceptors (Lipinski definition) is 3. The van der Waals surface area contributed by atoms with E-state index in [2.05, 4.69) is 15.9 Å². The lowest BCUT2D eigenvalue weighted by atomic mass is 10.1. The first-order valence-corrected chi connectivity index (χ1v) is 5.42. The summed E-state index contributed by atoms with van der Waals surface area (Å²) in [5.74, 6) is 0.551. The van der Waals surface area contributed by atoms with Crippen LogP contribution in [0, 0.1) is 0 Å². The molecule has 4 heteroatoms. The molecule has 1 aromatic heterocycles. The maximum Gasteiger partial charge on any atom is 0.197 e. The Morgan fingerprint density at radius 3 is 2.81 bits per heavy atom. The first kappa shape index (κ1) is 11.0. The Labute approximate surface area is 101 Å². The molecule has 82 valence electrons. The van der Waals surface area contributed by atoms with Gasteiger partial charge in [-0.3, -0.25) is 4.79 Å². The van der Waals surface area contributed by atoms with Crippen LogP contribution in [0.25, 0.3) is 0 Å². The maximum absolute atomic E-state index is 12.1. The highest BCUT2D eigenvalue weighted by Gasteiger charge is 2.14. The summed E-state index contributed by atoms with van der Waals surface area (Å²) < 4.78 is 10.7. The molecule has 2 aromatic rings. The van der Waals surface area contributed by atoms with E-state index < -0.39 is 0 Å². The number of methoxy groups -OCH3 is 1. The predicted molar refractivity (Wildman–Crippen MR) is 62.8 cm³/mol. The number of carbonyl (C=O) groups excluding carboxylic acids is 1. The van der Waals surface area contributed by atoms with Crippen LogP contribution in [-0.2, 0) is 0 Å². The zero-order valence-corrected chi connectivity index (χ0v) is 10.2. The van der Waals surface area contributed by atoms with Crippen molar-refractivity contribution in [1.82, 2.24) is 0 Å². The molecule has 0 unspecified atom stereocenters. The molecule has 0 saturated heterocycles. The summed E-state index contributed by atoms with van der Waals surface area (Å²) >= 11 is 3.34. The first-order valence-electron chi connectivity index (χ1n) is 4.63. The quantitative estimate of drug-likeness (QED) is 0.810. The van der Waals surface area contributed by atoms with Crippen molar-refractivity contribution in [2.75, 3.05) is 7.11 Å². The molecule has 1 heterocycles. The van der Waals surface area contributed by atoms with E-state index in [9.17, 15) is 4.79 Å². The highest BCUT2D eigenvalue weighted by atomic mass is 79.9. The number of hydrogen-bond donors (Lipinski definition) is 0. The van der Waals surface area contributed by atoms with Gasteiger partial charge in [0.2, 0.25) is 0 Å². The molecule has 0 radical (unpaired) electrons. The smallest absolute Gasteiger partial charge is 0.197 e.